The number of anilines is 1. The van der Waals surface area contributed by atoms with Crippen LogP contribution in [0.5, 0.6) is 0 Å². The van der Waals surface area contributed by atoms with Crippen LogP contribution < -0.4 is 22.5 Å². The number of carbonyl (C=O) groups is 1. The fourth-order valence-electron chi connectivity index (χ4n) is 3.10. The molecule has 3 aromatic heterocycles. The van der Waals surface area contributed by atoms with Crippen LogP contribution in [0.15, 0.2) is 20.7 Å². The first kappa shape index (κ1) is 19.7. The number of nitrogen functional groups attached to an aromatic ring is 1. The number of fused-ring (bicyclic) bond motifs is 1. The Morgan fingerprint density at radius 1 is 1.21 bits per heavy atom. The van der Waals surface area contributed by atoms with E-state index < -0.39 is 17.0 Å². The highest BCUT2D eigenvalue weighted by atomic mass is 32.1. The number of aromatic nitrogens is 4. The minimum absolute atomic E-state index is 0.176. The molecular formula is C18H21N5O4S. The Bertz CT molecular complexity index is 1280. The zero-order valence-electron chi connectivity index (χ0n) is 16.1. The largest absolute Gasteiger partial charge is 0.384 e. The van der Waals surface area contributed by atoms with Gasteiger partial charge >= 0.3 is 5.69 Å². The summed E-state index contributed by atoms with van der Waals surface area (Å²) in [5, 5.41) is 0.467. The molecule has 0 unspecified atom stereocenters. The number of hydrogen-bond acceptors (Lipinski definition) is 7. The third-order valence-electron chi connectivity index (χ3n) is 4.78. The van der Waals surface area contributed by atoms with E-state index in [1.165, 1.54) is 29.3 Å². The predicted molar refractivity (Wildman–Crippen MR) is 108 cm³/mol. The van der Waals surface area contributed by atoms with Gasteiger partial charge in [-0.1, -0.05) is 6.92 Å². The van der Waals surface area contributed by atoms with Crippen LogP contribution in [-0.4, -0.2) is 24.5 Å². The van der Waals surface area contributed by atoms with Gasteiger partial charge < -0.3 is 5.73 Å². The molecule has 0 amide bonds. The highest BCUT2D eigenvalue weighted by molar-refractivity contribution is 7.18. The molecule has 3 aromatic rings. The van der Waals surface area contributed by atoms with Gasteiger partial charge in [0.2, 0.25) is 0 Å². The average molecular weight is 403 g/mol. The minimum Gasteiger partial charge on any atom is -0.384 e. The topological polar surface area (TPSA) is 122 Å². The fourth-order valence-corrected chi connectivity index (χ4v) is 4.09. The number of hydrogen-bond donors (Lipinski definition) is 1. The summed E-state index contributed by atoms with van der Waals surface area (Å²) in [4.78, 5) is 56.2. The molecule has 28 heavy (non-hydrogen) atoms. The standard InChI is InChI=1S/C18H21N5O4S/c1-5-6-23-14(19)13(16(25)21(4)18(23)27)11(24)7-22-8-20-15-12(17(22)26)9(2)10(3)28-15/h8H,5-7,19H2,1-4H3. The molecule has 0 saturated carbocycles. The van der Waals surface area contributed by atoms with E-state index in [1.807, 2.05) is 20.8 Å². The molecule has 3 rings (SSSR count). The van der Waals surface area contributed by atoms with Gasteiger partial charge in [-0.05, 0) is 25.8 Å². The molecule has 2 N–H and O–H groups in total. The second kappa shape index (κ2) is 7.19. The number of aryl methyl sites for hydroxylation is 2. The first-order valence-corrected chi connectivity index (χ1v) is 9.58. The normalized spacial score (nSPS) is 11.3. The molecule has 0 aliphatic rings. The van der Waals surface area contributed by atoms with Crippen LogP contribution in [0.1, 0.15) is 34.1 Å². The van der Waals surface area contributed by atoms with Gasteiger partial charge in [0.15, 0.2) is 5.78 Å². The van der Waals surface area contributed by atoms with Gasteiger partial charge in [0.25, 0.3) is 11.1 Å². The van der Waals surface area contributed by atoms with Crippen molar-refractivity contribution in [1.82, 2.24) is 18.7 Å². The molecule has 0 radical (unpaired) electrons. The summed E-state index contributed by atoms with van der Waals surface area (Å²) in [6.07, 6.45) is 1.90. The predicted octanol–water partition coefficient (Wildman–Crippen LogP) is 0.810. The average Bonchev–Trinajstić information content (AvgIpc) is 2.94. The summed E-state index contributed by atoms with van der Waals surface area (Å²) in [5.41, 5.74) is 4.81. The van der Waals surface area contributed by atoms with E-state index in [0.717, 1.165) is 19.6 Å². The van der Waals surface area contributed by atoms with E-state index >= 15 is 0 Å². The molecule has 148 valence electrons. The number of ketones is 1. The van der Waals surface area contributed by atoms with Crippen molar-refractivity contribution in [2.24, 2.45) is 7.05 Å². The zero-order chi connectivity index (χ0) is 20.7. The Morgan fingerprint density at radius 2 is 1.89 bits per heavy atom. The molecule has 0 atom stereocenters. The van der Waals surface area contributed by atoms with E-state index in [1.54, 1.807) is 0 Å². The molecule has 0 aliphatic carbocycles. The summed E-state index contributed by atoms with van der Waals surface area (Å²) in [7, 11) is 1.30. The monoisotopic (exact) mass is 403 g/mol. The highest BCUT2D eigenvalue weighted by Gasteiger charge is 2.22. The summed E-state index contributed by atoms with van der Waals surface area (Å²) in [6.45, 7) is 5.47. The van der Waals surface area contributed by atoms with Crippen molar-refractivity contribution >= 4 is 33.2 Å². The Balaban J connectivity index is 2.12. The van der Waals surface area contributed by atoms with Crippen LogP contribution in [0.4, 0.5) is 5.82 Å². The molecule has 10 heteroatoms. The zero-order valence-corrected chi connectivity index (χ0v) is 16.9. The lowest BCUT2D eigenvalue weighted by Crippen LogP contribution is -2.43. The van der Waals surface area contributed by atoms with E-state index in [-0.39, 0.29) is 30.0 Å². The Morgan fingerprint density at radius 3 is 2.54 bits per heavy atom. The van der Waals surface area contributed by atoms with Gasteiger partial charge in [-0.15, -0.1) is 11.3 Å². The van der Waals surface area contributed by atoms with Gasteiger partial charge in [-0.25, -0.2) is 9.78 Å². The summed E-state index contributed by atoms with van der Waals surface area (Å²) in [6, 6.07) is 0. The molecular weight excluding hydrogens is 382 g/mol. The maximum atomic E-state index is 12.9. The van der Waals surface area contributed by atoms with E-state index in [2.05, 4.69) is 4.98 Å². The minimum atomic E-state index is -0.774. The third-order valence-corrected chi connectivity index (χ3v) is 5.89. The summed E-state index contributed by atoms with van der Waals surface area (Å²) < 4.78 is 3.22. The lowest BCUT2D eigenvalue weighted by Gasteiger charge is -2.14. The van der Waals surface area contributed by atoms with Crippen molar-refractivity contribution in [3.8, 4) is 0 Å². The molecule has 0 aromatic carbocycles. The summed E-state index contributed by atoms with van der Waals surface area (Å²) >= 11 is 1.41. The van der Waals surface area contributed by atoms with Crippen molar-refractivity contribution in [2.45, 2.75) is 40.3 Å². The second-order valence-electron chi connectivity index (χ2n) is 6.62. The van der Waals surface area contributed by atoms with Crippen LogP contribution in [0.25, 0.3) is 10.2 Å². The van der Waals surface area contributed by atoms with Crippen molar-refractivity contribution in [3.05, 3.63) is 53.5 Å². The van der Waals surface area contributed by atoms with Crippen LogP contribution in [0.3, 0.4) is 0 Å². The number of nitrogens with two attached hydrogens (primary N) is 1. The molecule has 0 fully saturated rings. The van der Waals surface area contributed by atoms with Crippen LogP contribution in [0.2, 0.25) is 0 Å². The molecule has 0 saturated heterocycles. The third kappa shape index (κ3) is 2.99. The number of rotatable bonds is 5. The van der Waals surface area contributed by atoms with Gasteiger partial charge in [0, 0.05) is 18.5 Å². The molecule has 0 aliphatic heterocycles. The Labute approximate surface area is 163 Å². The van der Waals surface area contributed by atoms with Crippen LogP contribution >= 0.6 is 11.3 Å². The van der Waals surface area contributed by atoms with E-state index in [0.29, 0.717) is 16.6 Å². The van der Waals surface area contributed by atoms with E-state index in [9.17, 15) is 19.2 Å². The molecule has 3 heterocycles. The van der Waals surface area contributed by atoms with Gasteiger partial charge in [-0.3, -0.25) is 28.1 Å². The van der Waals surface area contributed by atoms with Gasteiger partial charge in [-0.2, -0.15) is 0 Å². The molecule has 9 nitrogen and oxygen atoms in total. The van der Waals surface area contributed by atoms with Gasteiger partial charge in [0.05, 0.1) is 18.3 Å². The van der Waals surface area contributed by atoms with Crippen LogP contribution in [0, 0.1) is 13.8 Å². The van der Waals surface area contributed by atoms with Crippen molar-refractivity contribution < 1.29 is 4.79 Å². The first-order chi connectivity index (χ1) is 13.2. The number of Topliss-reactive ketones (excluding diaryl/α,β-unsaturated/α-hetero) is 1. The SMILES string of the molecule is CCCn1c(N)c(C(=O)Cn2cnc3sc(C)c(C)c3c2=O)c(=O)n(C)c1=O. The number of nitrogens with zero attached hydrogens (tertiary/aromatic N) is 4. The number of carbonyl (C=O) groups excluding carboxylic acids is 1. The smallest absolute Gasteiger partial charge is 0.332 e. The van der Waals surface area contributed by atoms with Crippen molar-refractivity contribution in [2.75, 3.05) is 5.73 Å². The highest BCUT2D eigenvalue weighted by Crippen LogP contribution is 2.25. The maximum absolute atomic E-state index is 12.9. The quantitative estimate of drug-likeness (QED) is 0.629. The number of thiophene rings is 1. The molecule has 0 bridgehead atoms. The van der Waals surface area contributed by atoms with Crippen LogP contribution in [-0.2, 0) is 20.1 Å². The van der Waals surface area contributed by atoms with E-state index in [4.69, 9.17) is 5.73 Å². The van der Waals surface area contributed by atoms with Crippen molar-refractivity contribution in [1.29, 1.82) is 0 Å². The Hall–Kier alpha value is -3.01. The lowest BCUT2D eigenvalue weighted by atomic mass is 10.1. The van der Waals surface area contributed by atoms with Crippen molar-refractivity contribution in [3.63, 3.8) is 0 Å². The summed E-state index contributed by atoms with van der Waals surface area (Å²) in [5.74, 6) is -0.819. The second-order valence-corrected chi connectivity index (χ2v) is 7.83. The van der Waals surface area contributed by atoms with Gasteiger partial charge in [0.1, 0.15) is 16.2 Å². The first-order valence-electron chi connectivity index (χ1n) is 8.76. The Kier molecular flexibility index (Phi) is 5.07. The maximum Gasteiger partial charge on any atom is 0.332 e. The lowest BCUT2D eigenvalue weighted by molar-refractivity contribution is 0.0968. The fraction of sp³-hybridized carbons (Fsp3) is 0.389. The molecule has 0 spiro atoms.